The van der Waals surface area contributed by atoms with Crippen molar-refractivity contribution in [1.29, 1.82) is 0 Å². The molecule has 0 spiro atoms. The smallest absolute Gasteiger partial charge is 0.0382 e. The molecule has 0 radical (unpaired) electrons. The highest BCUT2D eigenvalue weighted by Crippen LogP contribution is 1.71. The van der Waals surface area contributed by atoms with Crippen molar-refractivity contribution in [3.63, 3.8) is 0 Å². The lowest BCUT2D eigenvalue weighted by Crippen LogP contribution is -2.19. The van der Waals surface area contributed by atoms with Crippen LogP contribution in [0.3, 0.4) is 0 Å². The monoisotopic (exact) mass is 89.1 g/mol. The number of rotatable bonds is 1. The Kier molecular flexibility index (Phi) is 2.24. The van der Waals surface area contributed by atoms with Gasteiger partial charge < -0.3 is 11.2 Å². The predicted molar refractivity (Wildman–Crippen MR) is 27.4 cm³/mol. The lowest BCUT2D eigenvalue weighted by Gasteiger charge is -1.91. The van der Waals surface area contributed by atoms with Gasteiger partial charge in [-0.25, -0.2) is 0 Å². The van der Waals surface area contributed by atoms with E-state index < -0.39 is 0 Å². The summed E-state index contributed by atoms with van der Waals surface area (Å²) in [7, 11) is 0. The summed E-state index contributed by atoms with van der Waals surface area (Å²) >= 11 is 0. The van der Waals surface area contributed by atoms with Crippen LogP contribution in [0, 0.1) is 0 Å². The summed E-state index contributed by atoms with van der Waals surface area (Å²) in [6.45, 7) is 1.78. The number of nitrogens with one attached hydrogen (secondary N) is 1. The third-order valence-electron chi connectivity index (χ3n) is 0.478. The van der Waals surface area contributed by atoms with Crippen molar-refractivity contribution in [1.82, 2.24) is 5.43 Å². The van der Waals surface area contributed by atoms with E-state index in [4.69, 9.17) is 11.6 Å². The summed E-state index contributed by atoms with van der Waals surface area (Å²) in [5, 5.41) is 0. The average Bonchev–Trinajstić information content (AvgIpc) is 1.65. The Bertz CT molecular complexity index is 61.2. The first-order valence-electron chi connectivity index (χ1n) is 1.66. The second-order valence-electron chi connectivity index (χ2n) is 0.994. The van der Waals surface area contributed by atoms with Gasteiger partial charge in [-0.2, -0.15) is 0 Å². The highest BCUT2D eigenvalue weighted by molar-refractivity contribution is 4.88. The van der Waals surface area contributed by atoms with Gasteiger partial charge in [0, 0.05) is 13.3 Å². The summed E-state index contributed by atoms with van der Waals surface area (Å²) in [5.74, 6) is 4.88. The van der Waals surface area contributed by atoms with E-state index in [9.17, 15) is 0 Å². The topological polar surface area (TPSA) is 64.1 Å². The summed E-state index contributed by atoms with van der Waals surface area (Å²) in [6.07, 6.45) is 1.40. The van der Waals surface area contributed by atoms with Crippen LogP contribution in [0.25, 0.3) is 0 Å². The third kappa shape index (κ3) is 1.60. The Balaban J connectivity index is 0. The molecule has 0 aromatic rings. The van der Waals surface area contributed by atoms with Crippen molar-refractivity contribution in [2.45, 2.75) is 6.92 Å². The van der Waals surface area contributed by atoms with Gasteiger partial charge >= 0.3 is 0 Å². The number of hydrazine groups is 1. The van der Waals surface area contributed by atoms with Gasteiger partial charge in [0.15, 0.2) is 0 Å². The van der Waals surface area contributed by atoms with E-state index in [2.05, 4.69) is 5.43 Å². The maximum atomic E-state index is 4.98. The number of hydrogen-bond acceptors (Lipinski definition) is 3. The Labute approximate surface area is 38.5 Å². The van der Waals surface area contributed by atoms with Crippen LogP contribution >= 0.6 is 0 Å². The molecule has 38 valence electrons. The molecule has 0 aliphatic heterocycles. The molecule has 0 saturated heterocycles. The molecular formula is C3H11N3. The minimum absolute atomic E-state index is 0. The number of hydrogen-bond donors (Lipinski definition) is 3. The molecule has 0 aromatic heterocycles. The normalized spacial score (nSPS) is 11.3. The van der Waals surface area contributed by atoms with Gasteiger partial charge in [0.25, 0.3) is 0 Å². The maximum absolute atomic E-state index is 4.98. The zero-order valence-corrected chi connectivity index (χ0v) is 3.73. The van der Waals surface area contributed by atoms with Crippen LogP contribution in [0.15, 0.2) is 11.9 Å². The van der Waals surface area contributed by atoms with Gasteiger partial charge in [0.1, 0.15) is 0 Å². The van der Waals surface area contributed by atoms with Crippen LogP contribution in [0.1, 0.15) is 8.35 Å². The molecule has 0 heterocycles. The van der Waals surface area contributed by atoms with Crippen LogP contribution in [-0.4, -0.2) is 0 Å². The standard InChI is InChI=1S/C3H9N3.H2/c1-3(2-4)6-5;/h2,6H,4-5H2,1H3;1H/b3-2-;. The van der Waals surface area contributed by atoms with Gasteiger partial charge in [-0.1, -0.05) is 0 Å². The van der Waals surface area contributed by atoms with Gasteiger partial charge in [-0.3, -0.25) is 5.84 Å². The number of nitrogens with two attached hydrogens (primary N) is 2. The van der Waals surface area contributed by atoms with Crippen LogP contribution in [0.5, 0.6) is 0 Å². The van der Waals surface area contributed by atoms with Crippen molar-refractivity contribution in [3.8, 4) is 0 Å². The highest BCUT2D eigenvalue weighted by Gasteiger charge is 1.70. The van der Waals surface area contributed by atoms with Gasteiger partial charge in [-0.15, -0.1) is 0 Å². The largest absolute Gasteiger partial charge is 0.403 e. The van der Waals surface area contributed by atoms with Crippen molar-refractivity contribution in [2.24, 2.45) is 11.6 Å². The Hall–Kier alpha value is -0.700. The summed E-state index contributed by atoms with van der Waals surface area (Å²) < 4.78 is 0. The molecule has 0 fully saturated rings. The van der Waals surface area contributed by atoms with E-state index in [1.54, 1.807) is 6.92 Å². The van der Waals surface area contributed by atoms with Crippen molar-refractivity contribution in [3.05, 3.63) is 11.9 Å². The molecule has 0 saturated carbocycles. The van der Waals surface area contributed by atoms with Crippen molar-refractivity contribution < 1.29 is 1.43 Å². The second kappa shape index (κ2) is 2.53. The summed E-state index contributed by atoms with van der Waals surface area (Å²) in [6, 6.07) is 0. The fourth-order valence-corrected chi connectivity index (χ4v) is 0.0481. The molecule has 3 nitrogen and oxygen atoms in total. The SMILES string of the molecule is C/C(=C/N)NN.[HH]. The van der Waals surface area contributed by atoms with Crippen molar-refractivity contribution >= 4 is 0 Å². The first-order chi connectivity index (χ1) is 2.81. The van der Waals surface area contributed by atoms with Crippen LogP contribution in [0.4, 0.5) is 0 Å². The molecule has 0 bridgehead atoms. The molecule has 0 aromatic carbocycles. The quantitative estimate of drug-likeness (QED) is 0.300. The lowest BCUT2D eigenvalue weighted by molar-refractivity contribution is 0.880. The van der Waals surface area contributed by atoms with Crippen molar-refractivity contribution in [2.75, 3.05) is 0 Å². The molecule has 5 N–H and O–H groups in total. The fourth-order valence-electron chi connectivity index (χ4n) is 0.0481. The first kappa shape index (κ1) is 5.30. The Morgan fingerprint density at radius 1 is 2.00 bits per heavy atom. The molecule has 6 heavy (non-hydrogen) atoms. The first-order valence-corrected chi connectivity index (χ1v) is 1.66. The molecular weight excluding hydrogens is 78.1 g/mol. The van der Waals surface area contributed by atoms with Gasteiger partial charge in [0.2, 0.25) is 0 Å². The summed E-state index contributed by atoms with van der Waals surface area (Å²) in [5.41, 5.74) is 8.10. The molecule has 0 atom stereocenters. The van der Waals surface area contributed by atoms with Gasteiger partial charge in [0.05, 0.1) is 0 Å². The molecule has 0 unspecified atom stereocenters. The minimum atomic E-state index is 0. The maximum Gasteiger partial charge on any atom is 0.0382 e. The van der Waals surface area contributed by atoms with E-state index in [1.165, 1.54) is 6.20 Å². The van der Waals surface area contributed by atoms with E-state index in [-0.39, 0.29) is 1.43 Å². The fraction of sp³-hybridized carbons (Fsp3) is 0.333. The van der Waals surface area contributed by atoms with Gasteiger partial charge in [-0.05, 0) is 6.92 Å². The molecule has 0 amide bonds. The molecule has 0 aliphatic rings. The zero-order chi connectivity index (χ0) is 4.99. The van der Waals surface area contributed by atoms with E-state index in [0.717, 1.165) is 5.70 Å². The molecule has 0 aliphatic carbocycles. The van der Waals surface area contributed by atoms with Crippen LogP contribution < -0.4 is 17.0 Å². The molecule has 3 heteroatoms. The van der Waals surface area contributed by atoms with E-state index >= 15 is 0 Å². The lowest BCUT2D eigenvalue weighted by atomic mass is 10.6. The zero-order valence-electron chi connectivity index (χ0n) is 3.73. The Morgan fingerprint density at radius 3 is 2.50 bits per heavy atom. The second-order valence-corrected chi connectivity index (χ2v) is 0.994. The summed E-state index contributed by atoms with van der Waals surface area (Å²) in [4.78, 5) is 0. The molecule has 0 rings (SSSR count). The predicted octanol–water partition coefficient (Wildman–Crippen LogP) is -0.484. The highest BCUT2D eigenvalue weighted by atomic mass is 15.2. The van der Waals surface area contributed by atoms with Crippen LogP contribution in [0.2, 0.25) is 0 Å². The van der Waals surface area contributed by atoms with E-state index in [1.807, 2.05) is 0 Å². The Morgan fingerprint density at radius 2 is 2.50 bits per heavy atom. The average molecular weight is 89.1 g/mol. The number of allylic oxidation sites excluding steroid dienone is 1. The van der Waals surface area contributed by atoms with E-state index in [0.29, 0.717) is 0 Å². The van der Waals surface area contributed by atoms with Crippen LogP contribution in [-0.2, 0) is 0 Å². The third-order valence-corrected chi connectivity index (χ3v) is 0.478. The minimum Gasteiger partial charge on any atom is -0.403 e.